The minimum absolute atomic E-state index is 0.0759. The summed E-state index contributed by atoms with van der Waals surface area (Å²) in [6.45, 7) is -0.203. The molecule has 0 amide bonds. The smallest absolute Gasteiger partial charge is 0.166 e. The van der Waals surface area contributed by atoms with Crippen LogP contribution >= 0.6 is 0 Å². The van der Waals surface area contributed by atoms with Crippen LogP contribution in [0.25, 0.3) is 0 Å². The molecular weight excluding hydrogens is 211 g/mol. The van der Waals surface area contributed by atoms with Crippen LogP contribution in [0.15, 0.2) is 36.9 Å². The van der Waals surface area contributed by atoms with Crippen LogP contribution < -0.4 is 4.74 Å². The second kappa shape index (κ2) is 4.67. The molecule has 82 valence electrons. The molecule has 0 aliphatic heterocycles. The Morgan fingerprint density at radius 1 is 1.25 bits per heavy atom. The maximum atomic E-state index is 13.4. The molecule has 0 saturated heterocycles. The molecule has 2 aromatic rings. The predicted octanol–water partition coefficient (Wildman–Crippen LogP) is 1.90. The first kappa shape index (κ1) is 10.5. The first-order chi connectivity index (χ1) is 7.79. The van der Waals surface area contributed by atoms with E-state index in [-0.39, 0.29) is 12.4 Å². The lowest BCUT2D eigenvalue weighted by atomic mass is 10.2. The highest BCUT2D eigenvalue weighted by atomic mass is 19.1. The van der Waals surface area contributed by atoms with E-state index >= 15 is 0 Å². The van der Waals surface area contributed by atoms with E-state index in [0.29, 0.717) is 11.3 Å². The Kier molecular flexibility index (Phi) is 3.07. The molecule has 1 aromatic heterocycles. The lowest BCUT2D eigenvalue weighted by Gasteiger charge is -2.06. The van der Waals surface area contributed by atoms with Gasteiger partial charge < -0.3 is 9.84 Å². The van der Waals surface area contributed by atoms with Crippen LogP contribution in [0.1, 0.15) is 5.56 Å². The Hall–Kier alpha value is -2.01. The summed E-state index contributed by atoms with van der Waals surface area (Å²) in [6, 6.07) is 4.26. The minimum atomic E-state index is -0.532. The molecule has 0 radical (unpaired) electrons. The number of aliphatic hydroxyl groups is 1. The van der Waals surface area contributed by atoms with Crippen LogP contribution in [-0.2, 0) is 6.61 Å². The number of rotatable bonds is 3. The molecular formula is C11H9FN2O2. The topological polar surface area (TPSA) is 55.2 Å². The van der Waals surface area contributed by atoms with Crippen molar-refractivity contribution in [3.63, 3.8) is 0 Å². The van der Waals surface area contributed by atoms with Crippen molar-refractivity contribution < 1.29 is 14.2 Å². The van der Waals surface area contributed by atoms with Crippen molar-refractivity contribution in [1.82, 2.24) is 9.97 Å². The van der Waals surface area contributed by atoms with Gasteiger partial charge in [-0.1, -0.05) is 6.07 Å². The molecule has 16 heavy (non-hydrogen) atoms. The predicted molar refractivity (Wildman–Crippen MR) is 54.4 cm³/mol. The van der Waals surface area contributed by atoms with Gasteiger partial charge in [0.05, 0.1) is 19.0 Å². The van der Waals surface area contributed by atoms with Gasteiger partial charge in [0.15, 0.2) is 17.3 Å². The van der Waals surface area contributed by atoms with Crippen LogP contribution in [-0.4, -0.2) is 15.1 Å². The van der Waals surface area contributed by atoms with Gasteiger partial charge in [-0.2, -0.15) is 0 Å². The zero-order valence-electron chi connectivity index (χ0n) is 8.30. The molecule has 0 bridgehead atoms. The molecule has 5 heteroatoms. The normalized spacial score (nSPS) is 10.1. The molecule has 0 aliphatic rings. The van der Waals surface area contributed by atoms with E-state index in [1.165, 1.54) is 30.9 Å². The zero-order valence-corrected chi connectivity index (χ0v) is 8.30. The quantitative estimate of drug-likeness (QED) is 0.858. The molecule has 1 heterocycles. The average Bonchev–Trinajstić information content (AvgIpc) is 2.33. The van der Waals surface area contributed by atoms with Gasteiger partial charge in [0.25, 0.3) is 0 Å². The monoisotopic (exact) mass is 220 g/mol. The maximum Gasteiger partial charge on any atom is 0.166 e. The first-order valence-corrected chi connectivity index (χ1v) is 4.62. The largest absolute Gasteiger partial charge is 0.451 e. The third-order valence-electron chi connectivity index (χ3n) is 1.94. The van der Waals surface area contributed by atoms with Crippen LogP contribution in [0.4, 0.5) is 4.39 Å². The standard InChI is InChI=1S/C11H9FN2O2/c12-10-3-8(6-15)1-2-11(10)16-9-4-13-7-14-5-9/h1-5,7,15H,6H2. The summed E-state index contributed by atoms with van der Waals surface area (Å²) in [4.78, 5) is 7.49. The Bertz CT molecular complexity index is 477. The second-order valence-electron chi connectivity index (χ2n) is 3.10. The summed E-state index contributed by atoms with van der Waals surface area (Å²) in [5.41, 5.74) is 0.495. The maximum absolute atomic E-state index is 13.4. The van der Waals surface area contributed by atoms with Gasteiger partial charge in [-0.25, -0.2) is 14.4 Å². The van der Waals surface area contributed by atoms with Crippen LogP contribution in [0, 0.1) is 5.82 Å². The van der Waals surface area contributed by atoms with E-state index in [1.54, 1.807) is 6.07 Å². The van der Waals surface area contributed by atoms with Gasteiger partial charge in [0.2, 0.25) is 0 Å². The highest BCUT2D eigenvalue weighted by Crippen LogP contribution is 2.23. The lowest BCUT2D eigenvalue weighted by molar-refractivity contribution is 0.281. The fraction of sp³-hybridized carbons (Fsp3) is 0.0909. The van der Waals surface area contributed by atoms with Crippen LogP contribution in [0.5, 0.6) is 11.5 Å². The number of hydrogen-bond donors (Lipinski definition) is 1. The van der Waals surface area contributed by atoms with Crippen molar-refractivity contribution in [1.29, 1.82) is 0 Å². The van der Waals surface area contributed by atoms with Crippen molar-refractivity contribution in [2.75, 3.05) is 0 Å². The van der Waals surface area contributed by atoms with Crippen molar-refractivity contribution in [2.45, 2.75) is 6.61 Å². The van der Waals surface area contributed by atoms with Crippen molar-refractivity contribution in [3.8, 4) is 11.5 Å². The van der Waals surface area contributed by atoms with Crippen molar-refractivity contribution in [2.24, 2.45) is 0 Å². The number of hydrogen-bond acceptors (Lipinski definition) is 4. The lowest BCUT2D eigenvalue weighted by Crippen LogP contribution is -1.92. The van der Waals surface area contributed by atoms with Crippen molar-refractivity contribution >= 4 is 0 Å². The first-order valence-electron chi connectivity index (χ1n) is 4.62. The molecule has 4 nitrogen and oxygen atoms in total. The molecule has 0 spiro atoms. The molecule has 0 unspecified atom stereocenters. The Morgan fingerprint density at radius 3 is 2.62 bits per heavy atom. The van der Waals surface area contributed by atoms with Gasteiger partial charge in [-0.05, 0) is 17.7 Å². The Balaban J connectivity index is 2.22. The molecule has 0 aliphatic carbocycles. The van der Waals surface area contributed by atoms with E-state index in [2.05, 4.69) is 9.97 Å². The van der Waals surface area contributed by atoms with E-state index in [4.69, 9.17) is 9.84 Å². The minimum Gasteiger partial charge on any atom is -0.451 e. The zero-order chi connectivity index (χ0) is 11.4. The Labute approximate surface area is 91.4 Å². The molecule has 0 fully saturated rings. The van der Waals surface area contributed by atoms with E-state index in [1.807, 2.05) is 0 Å². The molecule has 1 N–H and O–H groups in total. The summed E-state index contributed by atoms with van der Waals surface area (Å²) in [6.07, 6.45) is 4.23. The van der Waals surface area contributed by atoms with E-state index < -0.39 is 5.82 Å². The Morgan fingerprint density at radius 2 is 2.00 bits per heavy atom. The number of nitrogens with zero attached hydrogens (tertiary/aromatic N) is 2. The number of aromatic nitrogens is 2. The van der Waals surface area contributed by atoms with Gasteiger partial charge in [0.1, 0.15) is 6.33 Å². The van der Waals surface area contributed by atoms with Gasteiger partial charge in [0, 0.05) is 0 Å². The fourth-order valence-electron chi connectivity index (χ4n) is 1.19. The molecule has 0 saturated carbocycles. The summed E-state index contributed by atoms with van der Waals surface area (Å²) in [5, 5.41) is 8.82. The average molecular weight is 220 g/mol. The summed E-state index contributed by atoms with van der Waals surface area (Å²) < 4.78 is 18.7. The third-order valence-corrected chi connectivity index (χ3v) is 1.94. The summed E-state index contributed by atoms with van der Waals surface area (Å²) >= 11 is 0. The van der Waals surface area contributed by atoms with Crippen LogP contribution in [0.3, 0.4) is 0 Å². The van der Waals surface area contributed by atoms with Crippen LogP contribution in [0.2, 0.25) is 0 Å². The summed E-state index contributed by atoms with van der Waals surface area (Å²) in [7, 11) is 0. The molecule has 1 aromatic carbocycles. The highest BCUT2D eigenvalue weighted by Gasteiger charge is 2.05. The van der Waals surface area contributed by atoms with Crippen molar-refractivity contribution in [3.05, 3.63) is 48.3 Å². The van der Waals surface area contributed by atoms with E-state index in [9.17, 15) is 4.39 Å². The number of aliphatic hydroxyl groups excluding tert-OH is 1. The van der Waals surface area contributed by atoms with Gasteiger partial charge >= 0.3 is 0 Å². The molecule has 0 atom stereocenters. The van der Waals surface area contributed by atoms with Gasteiger partial charge in [-0.15, -0.1) is 0 Å². The highest BCUT2D eigenvalue weighted by molar-refractivity contribution is 5.32. The van der Waals surface area contributed by atoms with Gasteiger partial charge in [-0.3, -0.25) is 0 Å². The fourth-order valence-corrected chi connectivity index (χ4v) is 1.19. The SMILES string of the molecule is OCc1ccc(Oc2cncnc2)c(F)c1. The molecule has 2 rings (SSSR count). The second-order valence-corrected chi connectivity index (χ2v) is 3.10. The number of halogens is 1. The third kappa shape index (κ3) is 2.32. The summed E-state index contributed by atoms with van der Waals surface area (Å²) in [5.74, 6) is -0.0967. The number of ether oxygens (including phenoxy) is 1. The van der Waals surface area contributed by atoms with E-state index in [0.717, 1.165) is 0 Å². The number of benzene rings is 1.